The highest BCUT2D eigenvalue weighted by Gasteiger charge is 2.52. The molecule has 348 valence electrons. The first kappa shape index (κ1) is 41.8. The van der Waals surface area contributed by atoms with E-state index in [0.29, 0.717) is 0 Å². The Morgan fingerprint density at radius 2 is 0.747 bits per heavy atom. The molecule has 75 heavy (non-hydrogen) atoms. The normalized spacial score (nSPS) is 14.2. The third kappa shape index (κ3) is 6.08. The Morgan fingerprint density at radius 1 is 0.267 bits per heavy atom. The highest BCUT2D eigenvalue weighted by molar-refractivity contribution is 6.19. The molecule has 0 saturated carbocycles. The molecule has 1 unspecified atom stereocenters. The summed E-state index contributed by atoms with van der Waals surface area (Å²) in [6.45, 7) is 0. The number of benzene rings is 13. The fourth-order valence-electron chi connectivity index (χ4n) is 13.3. The lowest BCUT2D eigenvalue weighted by Gasteiger charge is -2.32. The average Bonchev–Trinajstić information content (AvgIpc) is 4.10. The summed E-state index contributed by atoms with van der Waals surface area (Å²) in [6, 6.07) is 104. The van der Waals surface area contributed by atoms with Gasteiger partial charge in [-0.05, 0) is 154 Å². The Bertz CT molecular complexity index is 4630. The van der Waals surface area contributed by atoms with E-state index in [0.717, 1.165) is 28.3 Å². The number of aromatic nitrogens is 1. The van der Waals surface area contributed by atoms with E-state index in [-0.39, 0.29) is 0 Å². The molecule has 0 N–H and O–H groups in total. The first-order valence-corrected chi connectivity index (χ1v) is 26.1. The van der Waals surface area contributed by atoms with E-state index >= 15 is 0 Å². The van der Waals surface area contributed by atoms with Gasteiger partial charge in [-0.3, -0.25) is 0 Å². The van der Waals surface area contributed by atoms with Crippen LogP contribution in [-0.2, 0) is 5.41 Å². The van der Waals surface area contributed by atoms with Crippen molar-refractivity contribution in [1.82, 2.24) is 4.57 Å². The molecule has 0 fully saturated rings. The third-order valence-electron chi connectivity index (χ3n) is 16.6. The Labute approximate surface area is 435 Å². The van der Waals surface area contributed by atoms with Crippen LogP contribution in [0, 0.1) is 0 Å². The number of nitrogens with zero attached hydrogens (tertiary/aromatic N) is 2. The van der Waals surface area contributed by atoms with E-state index < -0.39 is 5.41 Å². The van der Waals surface area contributed by atoms with Crippen molar-refractivity contribution in [2.24, 2.45) is 0 Å². The van der Waals surface area contributed by atoms with Gasteiger partial charge in [0, 0.05) is 38.9 Å². The molecule has 0 amide bonds. The smallest absolute Gasteiger partial charge is 0.0726 e. The van der Waals surface area contributed by atoms with Crippen LogP contribution in [0.2, 0.25) is 0 Å². The molecule has 2 nitrogen and oxygen atoms in total. The maximum Gasteiger partial charge on any atom is 0.0726 e. The molecule has 0 bridgehead atoms. The minimum atomic E-state index is -0.527. The summed E-state index contributed by atoms with van der Waals surface area (Å²) in [7, 11) is 0. The van der Waals surface area contributed by atoms with Crippen molar-refractivity contribution in [2.75, 3.05) is 4.90 Å². The Hall–Kier alpha value is -9.76. The van der Waals surface area contributed by atoms with Crippen molar-refractivity contribution in [3.63, 3.8) is 0 Å². The van der Waals surface area contributed by atoms with Crippen LogP contribution in [0.3, 0.4) is 0 Å². The monoisotopic (exact) mass is 950 g/mol. The standard InChI is InChI=1S/C73H46N2/c1-3-15-47(16-4-1)52-33-39-62-60-23-11-13-25-67(60)73(69(62)43-52)68-26-14-12-24-61(68)63-42-38-57(46-70(63)73)74(56-37-31-51-28-27-49-17-7-9-21-58(49)66(51)45-56)55-35-29-48(30-36-55)53-34-40-64-65-41-32-50-18-8-10-22-59(50)72(65)75(71(64)44-53)54-19-5-2-6-20-54/h1-46H. The second kappa shape index (κ2) is 16.1. The van der Waals surface area contributed by atoms with E-state index in [1.54, 1.807) is 0 Å². The molecular weight excluding hydrogens is 905 g/mol. The van der Waals surface area contributed by atoms with Gasteiger partial charge in [-0.2, -0.15) is 0 Å². The molecule has 1 heterocycles. The number of hydrogen-bond acceptors (Lipinski definition) is 1. The van der Waals surface area contributed by atoms with E-state index in [1.807, 2.05) is 0 Å². The van der Waals surface area contributed by atoms with Crippen LogP contribution in [0.5, 0.6) is 0 Å². The van der Waals surface area contributed by atoms with E-state index in [2.05, 4.69) is 289 Å². The van der Waals surface area contributed by atoms with E-state index in [1.165, 1.54) is 115 Å². The van der Waals surface area contributed by atoms with Crippen molar-refractivity contribution in [3.8, 4) is 50.2 Å². The van der Waals surface area contributed by atoms with Crippen LogP contribution in [-0.4, -0.2) is 4.57 Å². The average molecular weight is 951 g/mol. The Balaban J connectivity index is 0.899. The molecule has 1 aromatic heterocycles. The van der Waals surface area contributed by atoms with Crippen molar-refractivity contribution in [3.05, 3.63) is 301 Å². The molecule has 2 heteroatoms. The minimum absolute atomic E-state index is 0.527. The number of fused-ring (bicyclic) bond motifs is 18. The molecule has 0 saturated heterocycles. The van der Waals surface area contributed by atoms with Crippen LogP contribution in [0.4, 0.5) is 17.1 Å². The van der Waals surface area contributed by atoms with Crippen LogP contribution < -0.4 is 4.90 Å². The molecule has 13 aromatic carbocycles. The second-order valence-corrected chi connectivity index (χ2v) is 20.4. The van der Waals surface area contributed by atoms with Gasteiger partial charge in [0.15, 0.2) is 0 Å². The summed E-state index contributed by atoms with van der Waals surface area (Å²) in [5.41, 5.74) is 21.6. The maximum absolute atomic E-state index is 2.51. The molecule has 16 rings (SSSR count). The fourth-order valence-corrected chi connectivity index (χ4v) is 13.3. The van der Waals surface area contributed by atoms with Crippen molar-refractivity contribution in [1.29, 1.82) is 0 Å². The van der Waals surface area contributed by atoms with Gasteiger partial charge in [0.05, 0.1) is 16.4 Å². The number of hydrogen-bond donors (Lipinski definition) is 0. The van der Waals surface area contributed by atoms with Crippen LogP contribution in [0.25, 0.3) is 104 Å². The summed E-state index contributed by atoms with van der Waals surface area (Å²) < 4.78 is 2.46. The molecule has 0 radical (unpaired) electrons. The van der Waals surface area contributed by atoms with Gasteiger partial charge in [-0.15, -0.1) is 0 Å². The minimum Gasteiger partial charge on any atom is -0.310 e. The predicted molar refractivity (Wildman–Crippen MR) is 315 cm³/mol. The second-order valence-electron chi connectivity index (χ2n) is 20.4. The van der Waals surface area contributed by atoms with Gasteiger partial charge in [0.25, 0.3) is 0 Å². The highest BCUT2D eigenvalue weighted by Crippen LogP contribution is 2.64. The topological polar surface area (TPSA) is 8.17 Å². The Morgan fingerprint density at radius 3 is 1.51 bits per heavy atom. The zero-order valence-electron chi connectivity index (χ0n) is 41.0. The lowest BCUT2D eigenvalue weighted by molar-refractivity contribution is 0.794. The number of para-hydroxylation sites is 1. The zero-order valence-corrected chi connectivity index (χ0v) is 41.0. The maximum atomic E-state index is 2.51. The quantitative estimate of drug-likeness (QED) is 0.151. The number of anilines is 3. The lowest BCUT2D eigenvalue weighted by Crippen LogP contribution is -2.26. The summed E-state index contributed by atoms with van der Waals surface area (Å²) in [6.07, 6.45) is 0. The van der Waals surface area contributed by atoms with E-state index in [9.17, 15) is 0 Å². The molecule has 14 aromatic rings. The SMILES string of the molecule is c1ccc(-c2ccc3c(c2)C2(c4ccccc4-3)c3ccccc3-c3ccc(N(c4ccc(-c5ccc6c7ccc8ccccc8c7n(-c7ccccc7)c6c5)cc4)c4ccc5ccc6ccccc6c5c4)cc32)cc1. The van der Waals surface area contributed by atoms with Gasteiger partial charge in [0.1, 0.15) is 0 Å². The Kier molecular flexibility index (Phi) is 8.99. The summed E-state index contributed by atoms with van der Waals surface area (Å²) >= 11 is 0. The van der Waals surface area contributed by atoms with Crippen LogP contribution >= 0.6 is 0 Å². The first-order chi connectivity index (χ1) is 37.2. The van der Waals surface area contributed by atoms with E-state index in [4.69, 9.17) is 0 Å². The predicted octanol–water partition coefficient (Wildman–Crippen LogP) is 19.4. The highest BCUT2D eigenvalue weighted by atomic mass is 15.1. The van der Waals surface area contributed by atoms with Gasteiger partial charge in [-0.25, -0.2) is 0 Å². The van der Waals surface area contributed by atoms with Gasteiger partial charge < -0.3 is 9.47 Å². The van der Waals surface area contributed by atoms with Gasteiger partial charge in [-0.1, -0.05) is 218 Å². The van der Waals surface area contributed by atoms with Crippen molar-refractivity contribution < 1.29 is 0 Å². The summed E-state index contributed by atoms with van der Waals surface area (Å²) in [5.74, 6) is 0. The largest absolute Gasteiger partial charge is 0.310 e. The molecule has 1 atom stereocenters. The summed E-state index contributed by atoms with van der Waals surface area (Å²) in [5, 5.41) is 9.94. The van der Waals surface area contributed by atoms with Crippen LogP contribution in [0.15, 0.2) is 279 Å². The van der Waals surface area contributed by atoms with Crippen molar-refractivity contribution in [2.45, 2.75) is 5.41 Å². The zero-order chi connectivity index (χ0) is 49.2. The molecule has 0 aliphatic heterocycles. The molecule has 2 aliphatic rings. The van der Waals surface area contributed by atoms with Crippen molar-refractivity contribution >= 4 is 71.2 Å². The lowest BCUT2D eigenvalue weighted by atomic mass is 9.70. The molecule has 2 aliphatic carbocycles. The molecule has 1 spiro atoms. The van der Waals surface area contributed by atoms with Gasteiger partial charge >= 0.3 is 0 Å². The third-order valence-corrected chi connectivity index (χ3v) is 16.6. The van der Waals surface area contributed by atoms with Crippen LogP contribution in [0.1, 0.15) is 22.3 Å². The number of rotatable bonds is 6. The molecular formula is C73H46N2. The van der Waals surface area contributed by atoms with Gasteiger partial charge in [0.2, 0.25) is 0 Å². The summed E-state index contributed by atoms with van der Waals surface area (Å²) in [4.78, 5) is 2.48. The first-order valence-electron chi connectivity index (χ1n) is 26.1. The fraction of sp³-hybridized carbons (Fsp3) is 0.0137.